The number of carbonyl (C=O) groups is 1. The standard InChI is InChI=1S/C17H11ClN2O3.C7H6/c1-3-20-15-8-11(18)5-7-14(15)19-17(20)23-12-6-4-10(2)13(9-12)16(21)22;1-5-2-6-4-7(6)3-5/h1,4-9H,2H3,(H,21,22);2-4H,1H3. The fraction of sp³-hybridized carbons (Fsp3) is 0.0833. The van der Waals surface area contributed by atoms with Gasteiger partial charge in [0.05, 0.1) is 16.6 Å². The maximum absolute atomic E-state index is 11.2. The van der Waals surface area contributed by atoms with Crippen LogP contribution in [-0.4, -0.2) is 20.6 Å². The summed E-state index contributed by atoms with van der Waals surface area (Å²) in [5.41, 5.74) is 6.35. The molecule has 2 aliphatic carbocycles. The van der Waals surface area contributed by atoms with E-state index >= 15 is 0 Å². The number of imidazole rings is 1. The highest BCUT2D eigenvalue weighted by Gasteiger charge is 2.14. The Morgan fingerprint density at radius 1 is 1.10 bits per heavy atom. The van der Waals surface area contributed by atoms with Crippen LogP contribution in [0.1, 0.15) is 21.5 Å². The molecule has 0 fully saturated rings. The highest BCUT2D eigenvalue weighted by atomic mass is 35.5. The molecule has 2 aromatic carbocycles. The molecule has 5 rings (SSSR count). The highest BCUT2D eigenvalue weighted by Crippen LogP contribution is 2.35. The van der Waals surface area contributed by atoms with Gasteiger partial charge in [-0.1, -0.05) is 36.2 Å². The lowest BCUT2D eigenvalue weighted by Crippen LogP contribution is -2.01. The van der Waals surface area contributed by atoms with E-state index < -0.39 is 5.97 Å². The first-order valence-electron chi connectivity index (χ1n) is 9.14. The van der Waals surface area contributed by atoms with Crippen LogP contribution in [0.2, 0.25) is 5.02 Å². The molecule has 0 amide bonds. The van der Waals surface area contributed by atoms with Gasteiger partial charge in [-0.2, -0.15) is 4.98 Å². The zero-order valence-electron chi connectivity index (χ0n) is 16.3. The van der Waals surface area contributed by atoms with Gasteiger partial charge in [0.15, 0.2) is 0 Å². The average Bonchev–Trinajstić information content (AvgIpc) is 3.16. The third kappa shape index (κ3) is 3.86. The molecule has 1 aromatic heterocycles. The van der Waals surface area contributed by atoms with Gasteiger partial charge >= 0.3 is 12.0 Å². The van der Waals surface area contributed by atoms with E-state index in [1.807, 2.05) is 0 Å². The Morgan fingerprint density at radius 2 is 1.83 bits per heavy atom. The lowest BCUT2D eigenvalue weighted by atomic mass is 10.1. The number of nitrogens with zero attached hydrogens (tertiary/aromatic N) is 2. The third-order valence-corrected chi connectivity index (χ3v) is 4.93. The summed E-state index contributed by atoms with van der Waals surface area (Å²) in [6.07, 6.45) is 5.52. The van der Waals surface area contributed by atoms with Gasteiger partial charge in [0.1, 0.15) is 5.75 Å². The fourth-order valence-corrected chi connectivity index (χ4v) is 3.30. The van der Waals surface area contributed by atoms with Crippen molar-refractivity contribution < 1.29 is 14.6 Å². The van der Waals surface area contributed by atoms with Crippen LogP contribution in [0.3, 0.4) is 0 Å². The molecule has 0 spiro atoms. The second kappa shape index (κ2) is 7.58. The van der Waals surface area contributed by atoms with Crippen LogP contribution in [0.4, 0.5) is 0 Å². The van der Waals surface area contributed by atoms with E-state index in [9.17, 15) is 9.90 Å². The van der Waals surface area contributed by atoms with Crippen LogP contribution in [0, 0.1) is 26.3 Å². The Morgan fingerprint density at radius 3 is 2.43 bits per heavy atom. The first kappa shape index (κ1) is 19.6. The van der Waals surface area contributed by atoms with Gasteiger partial charge in [-0.05, 0) is 72.5 Å². The number of rotatable bonds is 3. The fourth-order valence-electron chi connectivity index (χ4n) is 3.13. The monoisotopic (exact) mass is 416 g/mol. The summed E-state index contributed by atoms with van der Waals surface area (Å²) in [5, 5.41) is 9.71. The van der Waals surface area contributed by atoms with Crippen molar-refractivity contribution in [3.63, 3.8) is 0 Å². The number of aryl methyl sites for hydroxylation is 2. The lowest BCUT2D eigenvalue weighted by molar-refractivity contribution is 0.0695. The molecule has 0 radical (unpaired) electrons. The van der Waals surface area contributed by atoms with Crippen LogP contribution < -0.4 is 4.74 Å². The van der Waals surface area contributed by atoms with Crippen LogP contribution in [0.15, 0.2) is 54.6 Å². The molecule has 0 atom stereocenters. The van der Waals surface area contributed by atoms with Crippen molar-refractivity contribution in [1.82, 2.24) is 9.55 Å². The average molecular weight is 417 g/mol. The number of hydrogen-bond acceptors (Lipinski definition) is 3. The number of hydrogen-bond donors (Lipinski definition) is 1. The van der Waals surface area contributed by atoms with Gasteiger partial charge in [-0.25, -0.2) is 9.36 Å². The van der Waals surface area contributed by atoms with Crippen LogP contribution in [0.25, 0.3) is 22.2 Å². The molecular formula is C24H17ClN2O3. The number of fused-ring (bicyclic) bond motifs is 2. The number of halogens is 1. The highest BCUT2D eigenvalue weighted by molar-refractivity contribution is 6.31. The van der Waals surface area contributed by atoms with Crippen molar-refractivity contribution in [3.8, 4) is 35.4 Å². The smallest absolute Gasteiger partial charge is 0.336 e. The number of aromatic carboxylic acids is 1. The molecule has 0 saturated heterocycles. The molecular weight excluding hydrogens is 400 g/mol. The molecule has 1 N–H and O–H groups in total. The predicted molar refractivity (Wildman–Crippen MR) is 117 cm³/mol. The lowest BCUT2D eigenvalue weighted by Gasteiger charge is -2.07. The van der Waals surface area contributed by atoms with E-state index in [0.717, 1.165) is 0 Å². The normalized spacial score (nSPS) is 10.7. The van der Waals surface area contributed by atoms with Crippen LogP contribution in [0.5, 0.6) is 11.8 Å². The molecule has 0 saturated carbocycles. The zero-order chi connectivity index (χ0) is 21.4. The van der Waals surface area contributed by atoms with Crippen LogP contribution >= 0.6 is 11.6 Å². The van der Waals surface area contributed by atoms with E-state index in [1.54, 1.807) is 37.3 Å². The Kier molecular flexibility index (Phi) is 4.94. The summed E-state index contributed by atoms with van der Waals surface area (Å²) in [4.78, 5) is 15.5. The third-order valence-electron chi connectivity index (χ3n) is 4.69. The van der Waals surface area contributed by atoms with E-state index in [1.165, 1.54) is 27.3 Å². The zero-order valence-corrected chi connectivity index (χ0v) is 17.1. The van der Waals surface area contributed by atoms with E-state index in [0.29, 0.717) is 27.4 Å². The SMILES string of the molecule is C#Cn1c(Oc2ccc(C)c(C(=O)O)c2)nc2ccc(Cl)cc21.Cc1cc2cc-2c1. The number of benzene rings is 3. The minimum atomic E-state index is -1.02. The Balaban J connectivity index is 0.000000259. The first-order chi connectivity index (χ1) is 14.4. The number of carboxylic acid groups (broad SMARTS) is 1. The van der Waals surface area contributed by atoms with Crippen molar-refractivity contribution in [2.24, 2.45) is 0 Å². The molecule has 0 bridgehead atoms. The quantitative estimate of drug-likeness (QED) is 0.372. The molecule has 5 nitrogen and oxygen atoms in total. The van der Waals surface area contributed by atoms with Gasteiger partial charge < -0.3 is 9.84 Å². The summed E-state index contributed by atoms with van der Waals surface area (Å²) in [6, 6.07) is 19.1. The van der Waals surface area contributed by atoms with Crippen molar-refractivity contribution >= 4 is 28.6 Å². The summed E-state index contributed by atoms with van der Waals surface area (Å²) < 4.78 is 7.09. The summed E-state index contributed by atoms with van der Waals surface area (Å²) in [6.45, 7) is 3.84. The number of carboxylic acids is 1. The van der Waals surface area contributed by atoms with E-state index in [4.69, 9.17) is 22.8 Å². The van der Waals surface area contributed by atoms with E-state index in [2.05, 4.69) is 36.2 Å². The van der Waals surface area contributed by atoms with Gasteiger partial charge in [-0.3, -0.25) is 0 Å². The number of ether oxygens (including phenoxy) is 1. The Bertz CT molecular complexity index is 1330. The Hall–Kier alpha value is -3.75. The second-order valence-electron chi connectivity index (χ2n) is 6.96. The van der Waals surface area contributed by atoms with Crippen molar-refractivity contribution in [2.75, 3.05) is 0 Å². The van der Waals surface area contributed by atoms with Gasteiger partial charge in [-0.15, -0.1) is 0 Å². The topological polar surface area (TPSA) is 64.3 Å². The summed E-state index contributed by atoms with van der Waals surface area (Å²) in [5.74, 6) is -0.684. The molecule has 0 aliphatic heterocycles. The summed E-state index contributed by atoms with van der Waals surface area (Å²) in [7, 11) is 0. The molecule has 148 valence electrons. The molecule has 1 heterocycles. The van der Waals surface area contributed by atoms with E-state index in [-0.39, 0.29) is 11.6 Å². The maximum Gasteiger partial charge on any atom is 0.336 e. The van der Waals surface area contributed by atoms with Gasteiger partial charge in [0.2, 0.25) is 0 Å². The Labute approximate surface area is 178 Å². The molecule has 0 unspecified atom stereocenters. The summed E-state index contributed by atoms with van der Waals surface area (Å²) >= 11 is 5.97. The van der Waals surface area contributed by atoms with Crippen molar-refractivity contribution in [3.05, 3.63) is 76.3 Å². The first-order valence-corrected chi connectivity index (χ1v) is 9.52. The molecule has 6 heteroatoms. The largest absolute Gasteiger partial charge is 0.478 e. The molecule has 3 aromatic rings. The number of terminal acetylenes is 1. The van der Waals surface area contributed by atoms with Crippen molar-refractivity contribution in [1.29, 1.82) is 0 Å². The van der Waals surface area contributed by atoms with Gasteiger partial charge in [0.25, 0.3) is 0 Å². The second-order valence-corrected chi connectivity index (χ2v) is 7.40. The van der Waals surface area contributed by atoms with Gasteiger partial charge in [0, 0.05) is 11.1 Å². The predicted octanol–water partition coefficient (Wildman–Crippen LogP) is 5.90. The minimum absolute atomic E-state index is 0.161. The molecule has 30 heavy (non-hydrogen) atoms. The van der Waals surface area contributed by atoms with Crippen LogP contribution in [-0.2, 0) is 0 Å². The molecule has 2 aliphatic rings. The number of aromatic nitrogens is 2. The minimum Gasteiger partial charge on any atom is -0.478 e. The maximum atomic E-state index is 11.2. The van der Waals surface area contributed by atoms with Crippen molar-refractivity contribution in [2.45, 2.75) is 13.8 Å².